The molecule has 0 fully saturated rings. The van der Waals surface area contributed by atoms with Gasteiger partial charge in [-0.3, -0.25) is 0 Å². The van der Waals surface area contributed by atoms with Crippen LogP contribution in [0.15, 0.2) is 47.6 Å². The van der Waals surface area contributed by atoms with Crippen molar-refractivity contribution in [2.75, 3.05) is 0 Å². The van der Waals surface area contributed by atoms with E-state index in [2.05, 4.69) is 46.7 Å². The predicted molar refractivity (Wildman–Crippen MR) is 98.9 cm³/mol. The number of phenols is 1. The van der Waals surface area contributed by atoms with Crippen LogP contribution in [0.3, 0.4) is 0 Å². The lowest BCUT2D eigenvalue weighted by Crippen LogP contribution is -2.18. The Kier molecular flexibility index (Phi) is 4.84. The van der Waals surface area contributed by atoms with Gasteiger partial charge in [-0.1, -0.05) is 71.9 Å². The lowest BCUT2D eigenvalue weighted by Gasteiger charge is -2.29. The van der Waals surface area contributed by atoms with Crippen LogP contribution in [0, 0.1) is 5.53 Å². The fourth-order valence-corrected chi connectivity index (χ4v) is 2.93. The topological polar surface area (TPSA) is 56.4 Å². The van der Waals surface area contributed by atoms with Crippen molar-refractivity contribution in [1.29, 1.82) is 5.53 Å². The van der Waals surface area contributed by atoms with Gasteiger partial charge >= 0.3 is 0 Å². The van der Waals surface area contributed by atoms with Crippen LogP contribution in [-0.4, -0.2) is 5.11 Å². The molecule has 2 N–H and O–H groups in total. The van der Waals surface area contributed by atoms with E-state index in [0.29, 0.717) is 5.75 Å². The van der Waals surface area contributed by atoms with Crippen LogP contribution in [0.1, 0.15) is 69.8 Å². The number of hydrogen-bond acceptors (Lipinski definition) is 3. The number of rotatable bonds is 3. The van der Waals surface area contributed by atoms with E-state index in [1.165, 1.54) is 0 Å². The van der Waals surface area contributed by atoms with Gasteiger partial charge in [0.1, 0.15) is 11.8 Å². The number of benzene rings is 2. The standard InChI is InChI=1S/C21H28N2O/c1-20(2,3)16-12-15(13-17(19(16)24)21(4,5)6)18(23-22)14-10-8-7-9-11-14/h7-13,18,22,24H,1-6H3. The van der Waals surface area contributed by atoms with E-state index in [1.54, 1.807) is 0 Å². The second-order valence-corrected chi connectivity index (χ2v) is 8.41. The fraction of sp³-hybridized carbons (Fsp3) is 0.429. The number of aromatic hydroxyl groups is 1. The summed E-state index contributed by atoms with van der Waals surface area (Å²) in [6.07, 6.45) is 0. The molecule has 128 valence electrons. The molecule has 1 unspecified atom stereocenters. The van der Waals surface area contributed by atoms with Gasteiger partial charge in [-0.15, -0.1) is 0 Å². The summed E-state index contributed by atoms with van der Waals surface area (Å²) in [5.74, 6) is 0.357. The zero-order valence-electron chi connectivity index (χ0n) is 15.5. The maximum absolute atomic E-state index is 10.8. The second kappa shape index (κ2) is 6.39. The largest absolute Gasteiger partial charge is 0.507 e. The lowest BCUT2D eigenvalue weighted by atomic mass is 9.77. The van der Waals surface area contributed by atoms with Gasteiger partial charge in [0.2, 0.25) is 0 Å². The van der Waals surface area contributed by atoms with E-state index < -0.39 is 0 Å². The molecule has 0 saturated heterocycles. The summed E-state index contributed by atoms with van der Waals surface area (Å²) < 4.78 is 0. The highest BCUT2D eigenvalue weighted by Gasteiger charge is 2.28. The van der Waals surface area contributed by atoms with E-state index >= 15 is 0 Å². The van der Waals surface area contributed by atoms with Crippen LogP contribution >= 0.6 is 0 Å². The molecule has 0 aliphatic carbocycles. The molecule has 2 aromatic rings. The Hall–Kier alpha value is -2.16. The molecule has 0 bridgehead atoms. The van der Waals surface area contributed by atoms with Crippen LogP contribution < -0.4 is 0 Å². The monoisotopic (exact) mass is 324 g/mol. The second-order valence-electron chi connectivity index (χ2n) is 8.41. The molecule has 0 aromatic heterocycles. The third-order valence-electron chi connectivity index (χ3n) is 4.31. The first-order chi connectivity index (χ1) is 11.1. The quantitative estimate of drug-likeness (QED) is 0.658. The SMILES string of the molecule is CC(C)(C)c1cc(C(N=N)c2ccccc2)cc(C(C)(C)C)c1O. The third kappa shape index (κ3) is 3.66. The normalized spacial score (nSPS) is 13.6. The average Bonchev–Trinajstić information content (AvgIpc) is 2.48. The zero-order chi connectivity index (χ0) is 18.1. The third-order valence-corrected chi connectivity index (χ3v) is 4.31. The number of phenolic OH excluding ortho intramolecular Hbond substituents is 1. The van der Waals surface area contributed by atoms with Gasteiger partial charge in [-0.25, -0.2) is 5.53 Å². The molecule has 0 saturated carbocycles. The number of nitrogens with one attached hydrogen (secondary N) is 1. The van der Waals surface area contributed by atoms with Gasteiger partial charge in [0.25, 0.3) is 0 Å². The molecule has 2 aromatic carbocycles. The van der Waals surface area contributed by atoms with Crippen LogP contribution in [0.5, 0.6) is 5.75 Å². The average molecular weight is 324 g/mol. The Morgan fingerprint density at radius 3 is 1.67 bits per heavy atom. The molecule has 1 atom stereocenters. The van der Waals surface area contributed by atoms with E-state index in [4.69, 9.17) is 5.53 Å². The van der Waals surface area contributed by atoms with Gasteiger partial charge < -0.3 is 5.11 Å². The van der Waals surface area contributed by atoms with Crippen LogP contribution in [0.25, 0.3) is 0 Å². The van der Waals surface area contributed by atoms with E-state index in [1.807, 2.05) is 42.5 Å². The highest BCUT2D eigenvalue weighted by molar-refractivity contribution is 5.51. The zero-order valence-corrected chi connectivity index (χ0v) is 15.5. The first-order valence-corrected chi connectivity index (χ1v) is 8.35. The molecule has 0 aliphatic heterocycles. The maximum Gasteiger partial charge on any atom is 0.123 e. The minimum atomic E-state index is -0.353. The molecular formula is C21H28N2O. The number of nitrogens with zero attached hydrogens (tertiary/aromatic N) is 1. The summed E-state index contributed by atoms with van der Waals surface area (Å²) in [5, 5.41) is 14.7. The van der Waals surface area contributed by atoms with E-state index in [0.717, 1.165) is 22.3 Å². The Morgan fingerprint density at radius 2 is 1.29 bits per heavy atom. The molecule has 0 aliphatic rings. The summed E-state index contributed by atoms with van der Waals surface area (Å²) >= 11 is 0. The molecular weight excluding hydrogens is 296 g/mol. The fourth-order valence-electron chi connectivity index (χ4n) is 2.93. The van der Waals surface area contributed by atoms with Gasteiger partial charge in [-0.05, 0) is 45.2 Å². The van der Waals surface area contributed by atoms with Gasteiger partial charge in [0, 0.05) is 0 Å². The van der Waals surface area contributed by atoms with Crippen LogP contribution in [0.4, 0.5) is 0 Å². The number of hydrogen-bond donors (Lipinski definition) is 2. The Labute approximate surface area is 145 Å². The van der Waals surface area contributed by atoms with Gasteiger partial charge in [0.15, 0.2) is 0 Å². The van der Waals surface area contributed by atoms with Gasteiger partial charge in [-0.2, -0.15) is 5.11 Å². The van der Waals surface area contributed by atoms with Crippen molar-refractivity contribution < 1.29 is 5.11 Å². The van der Waals surface area contributed by atoms with E-state index in [9.17, 15) is 5.11 Å². The minimum Gasteiger partial charge on any atom is -0.507 e. The lowest BCUT2D eigenvalue weighted by molar-refractivity contribution is 0.422. The van der Waals surface area contributed by atoms with Gasteiger partial charge in [0.05, 0.1) is 0 Å². The summed E-state index contributed by atoms with van der Waals surface area (Å²) in [7, 11) is 0. The van der Waals surface area contributed by atoms with Crippen molar-refractivity contribution in [2.45, 2.75) is 58.4 Å². The smallest absolute Gasteiger partial charge is 0.123 e. The summed E-state index contributed by atoms with van der Waals surface area (Å²) in [5.41, 5.74) is 11.0. The van der Waals surface area contributed by atoms with Crippen molar-refractivity contribution in [3.05, 3.63) is 64.7 Å². The molecule has 3 nitrogen and oxygen atoms in total. The van der Waals surface area contributed by atoms with Crippen molar-refractivity contribution >= 4 is 0 Å². The first kappa shape index (κ1) is 18.2. The van der Waals surface area contributed by atoms with Crippen LogP contribution in [0.2, 0.25) is 0 Å². The first-order valence-electron chi connectivity index (χ1n) is 8.35. The summed E-state index contributed by atoms with van der Waals surface area (Å²) in [6, 6.07) is 13.5. The molecule has 2 rings (SSSR count). The summed E-state index contributed by atoms with van der Waals surface area (Å²) in [6.45, 7) is 12.5. The molecule has 0 spiro atoms. The summed E-state index contributed by atoms with van der Waals surface area (Å²) in [4.78, 5) is 0. The molecule has 0 amide bonds. The van der Waals surface area contributed by atoms with E-state index in [-0.39, 0.29) is 16.9 Å². The Balaban J connectivity index is 2.72. The van der Waals surface area contributed by atoms with Crippen molar-refractivity contribution in [1.82, 2.24) is 0 Å². The predicted octanol–water partition coefficient (Wildman–Crippen LogP) is 6.11. The van der Waals surface area contributed by atoms with Crippen molar-refractivity contribution in [3.8, 4) is 5.75 Å². The Bertz CT molecular complexity index is 687. The van der Waals surface area contributed by atoms with Crippen molar-refractivity contribution in [2.24, 2.45) is 5.11 Å². The highest BCUT2D eigenvalue weighted by Crippen LogP contribution is 2.42. The Morgan fingerprint density at radius 1 is 0.833 bits per heavy atom. The maximum atomic E-state index is 10.8. The minimum absolute atomic E-state index is 0.191. The highest BCUT2D eigenvalue weighted by atomic mass is 16.3. The molecule has 24 heavy (non-hydrogen) atoms. The molecule has 0 heterocycles. The molecule has 3 heteroatoms. The van der Waals surface area contributed by atoms with Crippen LogP contribution in [-0.2, 0) is 10.8 Å². The molecule has 0 radical (unpaired) electrons. The van der Waals surface area contributed by atoms with Crippen molar-refractivity contribution in [3.63, 3.8) is 0 Å².